The summed E-state index contributed by atoms with van der Waals surface area (Å²) in [5.41, 5.74) is 2.63. The first-order chi connectivity index (χ1) is 17.6. The first kappa shape index (κ1) is 30.0. The van der Waals surface area contributed by atoms with E-state index >= 15 is 0 Å². The molecule has 3 heteroatoms. The van der Waals surface area contributed by atoms with Gasteiger partial charge in [0.2, 0.25) is 5.12 Å². The third kappa shape index (κ3) is 6.36. The molecule has 4 aliphatic carbocycles. The van der Waals surface area contributed by atoms with Crippen LogP contribution in [0.5, 0.6) is 0 Å². The highest BCUT2D eigenvalue weighted by Gasteiger charge is 2.59. The molecule has 0 saturated heterocycles. The van der Waals surface area contributed by atoms with Crippen molar-refractivity contribution in [3.05, 3.63) is 11.6 Å². The number of hydrogen-bond acceptors (Lipinski definition) is 2. The van der Waals surface area contributed by atoms with E-state index in [2.05, 4.69) is 47.6 Å². The van der Waals surface area contributed by atoms with Crippen LogP contribution >= 0.6 is 23.4 Å². The van der Waals surface area contributed by atoms with Crippen molar-refractivity contribution < 1.29 is 4.79 Å². The van der Waals surface area contributed by atoms with Gasteiger partial charge in [0.15, 0.2) is 0 Å². The first-order valence-electron chi connectivity index (χ1n) is 16.1. The molecule has 0 aromatic carbocycles. The van der Waals surface area contributed by atoms with Gasteiger partial charge in [-0.1, -0.05) is 103 Å². The van der Waals surface area contributed by atoms with E-state index in [1.54, 1.807) is 17.3 Å². The Morgan fingerprint density at radius 3 is 2.51 bits per heavy atom. The largest absolute Gasteiger partial charge is 0.286 e. The predicted molar refractivity (Wildman–Crippen MR) is 163 cm³/mol. The molecule has 0 N–H and O–H groups in total. The van der Waals surface area contributed by atoms with Crippen molar-refractivity contribution in [1.29, 1.82) is 0 Å². The average Bonchev–Trinajstić information content (AvgIpc) is 3.21. The van der Waals surface area contributed by atoms with Crippen molar-refractivity contribution in [1.82, 2.24) is 0 Å². The van der Waals surface area contributed by atoms with Gasteiger partial charge in [-0.2, -0.15) is 0 Å². The van der Waals surface area contributed by atoms with Crippen molar-refractivity contribution in [2.24, 2.45) is 46.3 Å². The fraction of sp³-hybridized carbons (Fsp3) is 0.912. The topological polar surface area (TPSA) is 17.1 Å². The molecule has 0 aromatic rings. The Morgan fingerprint density at radius 2 is 1.78 bits per heavy atom. The minimum Gasteiger partial charge on any atom is -0.286 e. The number of thioether (sulfide) groups is 1. The van der Waals surface area contributed by atoms with E-state index in [-0.39, 0.29) is 10.5 Å². The minimum absolute atomic E-state index is 0.230. The number of hydrogen-bond donors (Lipinski definition) is 0. The molecule has 9 atom stereocenters. The maximum atomic E-state index is 12.8. The zero-order valence-corrected chi connectivity index (χ0v) is 26.6. The second-order valence-electron chi connectivity index (χ2n) is 14.6. The van der Waals surface area contributed by atoms with E-state index in [9.17, 15) is 4.79 Å². The quantitative estimate of drug-likeness (QED) is 0.145. The standard InChI is InChI=1S/C34H57ClOS/c1-7-8-9-13-31(35)32(36)37-26-18-20-33(5)25(22-26)14-15-27-29-17-16-28(24(4)12-10-11-23(2)3)34(29,6)21-19-30(27)33/h14,23-24,26-31H,7-13,15-22H2,1-6H3/t24-,26+,27-,28+,29-,30-,31-,33-,34+/m0/s1. The summed E-state index contributed by atoms with van der Waals surface area (Å²) >= 11 is 8.08. The first-order valence-corrected chi connectivity index (χ1v) is 17.5. The molecule has 0 spiro atoms. The fourth-order valence-electron chi connectivity index (χ4n) is 9.68. The van der Waals surface area contributed by atoms with Crippen molar-refractivity contribution in [2.45, 2.75) is 148 Å². The lowest BCUT2D eigenvalue weighted by Crippen LogP contribution is -2.50. The number of unbranched alkanes of at least 4 members (excludes halogenated alkanes) is 2. The number of halogens is 1. The maximum absolute atomic E-state index is 12.8. The summed E-state index contributed by atoms with van der Waals surface area (Å²) in [5.74, 6) is 5.32. The summed E-state index contributed by atoms with van der Waals surface area (Å²) in [6.07, 6.45) is 21.9. The fourth-order valence-corrected chi connectivity index (χ4v) is 11.1. The maximum Gasteiger partial charge on any atom is 0.207 e. The van der Waals surface area contributed by atoms with E-state index < -0.39 is 0 Å². The van der Waals surface area contributed by atoms with Crippen molar-refractivity contribution in [2.75, 3.05) is 0 Å². The number of carbonyl (C=O) groups excluding carboxylic acids is 1. The summed E-state index contributed by atoms with van der Waals surface area (Å²) in [6, 6.07) is 0. The lowest BCUT2D eigenvalue weighted by molar-refractivity contribution is -0.110. The normalized spacial score (nSPS) is 38.9. The molecule has 0 bridgehead atoms. The summed E-state index contributed by atoms with van der Waals surface area (Å²) in [4.78, 5) is 12.8. The van der Waals surface area contributed by atoms with E-state index in [0.717, 1.165) is 54.8 Å². The van der Waals surface area contributed by atoms with Crippen molar-refractivity contribution >= 4 is 28.5 Å². The van der Waals surface area contributed by atoms with Gasteiger partial charge in [-0.3, -0.25) is 4.79 Å². The Morgan fingerprint density at radius 1 is 1.00 bits per heavy atom. The number of allylic oxidation sites excluding steroid dienone is 2. The molecular weight excluding hydrogens is 492 g/mol. The summed E-state index contributed by atoms with van der Waals surface area (Å²) in [7, 11) is 0. The SMILES string of the molecule is CCCCC[C@H](Cl)C(=O)S[C@@H]1CC[C@@]2(C)C(=CC[C@H]3[C@@H]4CC[C@H]([C@@H](C)CCCC(C)C)[C@@]4(C)CC[C@@H]32)C1. The highest BCUT2D eigenvalue weighted by molar-refractivity contribution is 8.14. The monoisotopic (exact) mass is 548 g/mol. The van der Waals surface area contributed by atoms with Gasteiger partial charge in [-0.15, -0.1) is 11.6 Å². The molecule has 4 aliphatic rings. The Labute approximate surface area is 239 Å². The van der Waals surface area contributed by atoms with Crippen LogP contribution in [0, 0.1) is 46.3 Å². The van der Waals surface area contributed by atoms with Crippen LogP contribution in [0.1, 0.15) is 138 Å². The van der Waals surface area contributed by atoms with Crippen LogP contribution in [0.15, 0.2) is 11.6 Å². The van der Waals surface area contributed by atoms with Crippen molar-refractivity contribution in [3.63, 3.8) is 0 Å². The van der Waals surface area contributed by atoms with Crippen LogP contribution < -0.4 is 0 Å². The smallest absolute Gasteiger partial charge is 0.207 e. The Kier molecular flexibility index (Phi) is 10.3. The molecular formula is C34H57ClOS. The van der Waals surface area contributed by atoms with Gasteiger partial charge in [-0.05, 0) is 104 Å². The molecule has 0 aliphatic heterocycles. The molecule has 3 fully saturated rings. The third-order valence-electron chi connectivity index (χ3n) is 11.9. The lowest BCUT2D eigenvalue weighted by Gasteiger charge is -2.58. The van der Waals surface area contributed by atoms with Crippen LogP contribution in [0.2, 0.25) is 0 Å². The van der Waals surface area contributed by atoms with Gasteiger partial charge in [0.1, 0.15) is 5.38 Å². The predicted octanol–water partition coefficient (Wildman–Crippen LogP) is 10.8. The van der Waals surface area contributed by atoms with Gasteiger partial charge in [0, 0.05) is 5.25 Å². The Balaban J connectivity index is 1.38. The summed E-state index contributed by atoms with van der Waals surface area (Å²) < 4.78 is 0. The number of rotatable bonds is 11. The van der Waals surface area contributed by atoms with Crippen LogP contribution in [0.4, 0.5) is 0 Å². The summed E-state index contributed by atoms with van der Waals surface area (Å²) in [5, 5.41) is 0.370. The lowest BCUT2D eigenvalue weighted by atomic mass is 9.47. The molecule has 0 aromatic heterocycles. The molecule has 3 saturated carbocycles. The van der Waals surface area contributed by atoms with Gasteiger partial charge in [0.25, 0.3) is 0 Å². The van der Waals surface area contributed by atoms with Crippen LogP contribution in [0.25, 0.3) is 0 Å². The second kappa shape index (κ2) is 12.7. The van der Waals surface area contributed by atoms with Crippen LogP contribution in [0.3, 0.4) is 0 Å². The Bertz CT molecular complexity index is 806. The molecule has 1 nitrogen and oxygen atoms in total. The molecule has 0 heterocycles. The number of alkyl halides is 1. The van der Waals surface area contributed by atoms with Gasteiger partial charge < -0.3 is 0 Å². The molecule has 212 valence electrons. The zero-order chi connectivity index (χ0) is 26.8. The van der Waals surface area contributed by atoms with E-state index in [4.69, 9.17) is 11.6 Å². The summed E-state index contributed by atoms with van der Waals surface area (Å²) in [6.45, 7) is 14.8. The molecule has 4 rings (SSSR count). The third-order valence-corrected chi connectivity index (χ3v) is 13.7. The van der Waals surface area contributed by atoms with Crippen molar-refractivity contribution in [3.8, 4) is 0 Å². The minimum atomic E-state index is -0.298. The van der Waals surface area contributed by atoms with E-state index in [1.165, 1.54) is 77.0 Å². The van der Waals surface area contributed by atoms with E-state index in [1.807, 2.05) is 0 Å². The van der Waals surface area contributed by atoms with Gasteiger partial charge in [0.05, 0.1) is 0 Å². The number of fused-ring (bicyclic) bond motifs is 5. The highest BCUT2D eigenvalue weighted by Crippen LogP contribution is 2.67. The molecule has 0 unspecified atom stereocenters. The Hall–Kier alpha value is 0.0500. The van der Waals surface area contributed by atoms with Gasteiger partial charge in [-0.25, -0.2) is 0 Å². The van der Waals surface area contributed by atoms with Crippen LogP contribution in [-0.2, 0) is 4.79 Å². The van der Waals surface area contributed by atoms with Crippen LogP contribution in [-0.4, -0.2) is 15.7 Å². The average molecular weight is 549 g/mol. The molecule has 0 radical (unpaired) electrons. The molecule has 0 amide bonds. The van der Waals surface area contributed by atoms with E-state index in [0.29, 0.717) is 16.1 Å². The second-order valence-corrected chi connectivity index (χ2v) is 16.4. The molecule has 37 heavy (non-hydrogen) atoms. The van der Waals surface area contributed by atoms with Gasteiger partial charge >= 0.3 is 0 Å². The zero-order valence-electron chi connectivity index (χ0n) is 25.0. The highest BCUT2D eigenvalue weighted by atomic mass is 35.5. The number of carbonyl (C=O) groups is 1.